The van der Waals surface area contributed by atoms with Crippen molar-refractivity contribution < 1.29 is 0 Å². The van der Waals surface area contributed by atoms with Crippen LogP contribution in [0, 0.1) is 0 Å². The van der Waals surface area contributed by atoms with Crippen LogP contribution in [0.25, 0.3) is 18.2 Å². The second-order valence-electron chi connectivity index (χ2n) is 5.32. The minimum Gasteiger partial charge on any atom is -0.0991 e. The molecule has 3 aromatic rings. The second kappa shape index (κ2) is 18.2. The Labute approximate surface area is 171 Å². The molecular weight excluding hydrogens is 336 g/mol. The standard InChI is InChI=1S/3C8H8.C4H6/c3*1-2-8-6-4-3-5-7-8;1-3-4-2/h3*2-7H,1H2;3-4H,1-2H2. The summed E-state index contributed by atoms with van der Waals surface area (Å²) in [4.78, 5) is 0. The lowest BCUT2D eigenvalue weighted by molar-refractivity contribution is 1.67. The Hall–Kier alpha value is -3.64. The fraction of sp³-hybridized carbons (Fsp3) is 0. The Kier molecular flexibility index (Phi) is 15.8. The van der Waals surface area contributed by atoms with Crippen LogP contribution in [0.15, 0.2) is 136 Å². The van der Waals surface area contributed by atoms with Crippen LogP contribution in [0.3, 0.4) is 0 Å². The minimum atomic E-state index is 1.17. The van der Waals surface area contributed by atoms with Crippen molar-refractivity contribution in [3.05, 3.63) is 153 Å². The van der Waals surface area contributed by atoms with Crippen molar-refractivity contribution in [2.75, 3.05) is 0 Å². The summed E-state index contributed by atoms with van der Waals surface area (Å²) >= 11 is 0. The molecule has 0 spiro atoms. The van der Waals surface area contributed by atoms with Crippen molar-refractivity contribution in [2.24, 2.45) is 0 Å². The molecule has 0 fully saturated rings. The van der Waals surface area contributed by atoms with Gasteiger partial charge in [0.2, 0.25) is 0 Å². The zero-order valence-electron chi connectivity index (χ0n) is 16.6. The molecule has 28 heavy (non-hydrogen) atoms. The van der Waals surface area contributed by atoms with E-state index in [0.29, 0.717) is 0 Å². The molecule has 0 heteroatoms. The average Bonchev–Trinajstić information content (AvgIpc) is 2.81. The molecule has 3 rings (SSSR count). The summed E-state index contributed by atoms with van der Waals surface area (Å²) in [6.07, 6.45) is 8.78. The van der Waals surface area contributed by atoms with Crippen molar-refractivity contribution in [1.29, 1.82) is 0 Å². The third kappa shape index (κ3) is 13.6. The summed E-state index contributed by atoms with van der Waals surface area (Å²) < 4.78 is 0. The van der Waals surface area contributed by atoms with Gasteiger partial charge in [-0.2, -0.15) is 0 Å². The van der Waals surface area contributed by atoms with Crippen molar-refractivity contribution in [3.63, 3.8) is 0 Å². The molecule has 0 saturated heterocycles. The first kappa shape index (κ1) is 24.4. The zero-order valence-corrected chi connectivity index (χ0v) is 16.6. The molecule has 0 bridgehead atoms. The van der Waals surface area contributed by atoms with E-state index in [1.807, 2.05) is 109 Å². The number of benzene rings is 3. The Bertz CT molecular complexity index is 672. The molecule has 0 amide bonds. The third-order valence-electron chi connectivity index (χ3n) is 3.27. The van der Waals surface area contributed by atoms with E-state index in [9.17, 15) is 0 Å². The molecule has 0 nitrogen and oxygen atoms in total. The fourth-order valence-electron chi connectivity index (χ4n) is 1.77. The topological polar surface area (TPSA) is 0 Å². The molecule has 0 aliphatic heterocycles. The van der Waals surface area contributed by atoms with E-state index in [-0.39, 0.29) is 0 Å². The van der Waals surface area contributed by atoms with Crippen LogP contribution in [0.5, 0.6) is 0 Å². The van der Waals surface area contributed by atoms with Gasteiger partial charge < -0.3 is 0 Å². The van der Waals surface area contributed by atoms with Gasteiger partial charge in [0.25, 0.3) is 0 Å². The molecule has 0 radical (unpaired) electrons. The smallest absolute Gasteiger partial charge is 0.0263 e. The summed E-state index contributed by atoms with van der Waals surface area (Å²) in [5.74, 6) is 0. The molecule has 0 atom stereocenters. The normalized spacial score (nSPS) is 8.00. The molecule has 0 unspecified atom stereocenters. The predicted molar refractivity (Wildman–Crippen MR) is 130 cm³/mol. The van der Waals surface area contributed by atoms with Gasteiger partial charge in [0, 0.05) is 0 Å². The van der Waals surface area contributed by atoms with Gasteiger partial charge in [0.15, 0.2) is 0 Å². The number of hydrogen-bond acceptors (Lipinski definition) is 0. The zero-order chi connectivity index (χ0) is 20.9. The first-order chi connectivity index (χ1) is 13.7. The maximum Gasteiger partial charge on any atom is -0.0263 e. The highest BCUT2D eigenvalue weighted by Gasteiger charge is 1.77. The number of allylic oxidation sites excluding steroid dienone is 2. The molecule has 0 saturated carbocycles. The van der Waals surface area contributed by atoms with Crippen molar-refractivity contribution in [3.8, 4) is 0 Å². The molecular formula is C28H30. The first-order valence-corrected chi connectivity index (χ1v) is 8.97. The molecule has 0 aliphatic carbocycles. The van der Waals surface area contributed by atoms with Gasteiger partial charge in [-0.05, 0) is 16.7 Å². The second-order valence-corrected chi connectivity index (χ2v) is 5.32. The van der Waals surface area contributed by atoms with E-state index in [2.05, 4.69) is 32.9 Å². The maximum absolute atomic E-state index is 3.63. The minimum absolute atomic E-state index is 1.17. The van der Waals surface area contributed by atoms with E-state index >= 15 is 0 Å². The molecule has 0 aliphatic rings. The van der Waals surface area contributed by atoms with Gasteiger partial charge in [0.1, 0.15) is 0 Å². The van der Waals surface area contributed by atoms with E-state index in [4.69, 9.17) is 0 Å². The van der Waals surface area contributed by atoms with Crippen LogP contribution in [-0.4, -0.2) is 0 Å². The first-order valence-electron chi connectivity index (χ1n) is 8.97. The third-order valence-corrected chi connectivity index (χ3v) is 3.27. The quantitative estimate of drug-likeness (QED) is 0.407. The van der Waals surface area contributed by atoms with Crippen molar-refractivity contribution in [2.45, 2.75) is 0 Å². The summed E-state index contributed by atoms with van der Waals surface area (Å²) in [7, 11) is 0. The monoisotopic (exact) mass is 366 g/mol. The lowest BCUT2D eigenvalue weighted by Gasteiger charge is -1.85. The highest BCUT2D eigenvalue weighted by Crippen LogP contribution is 1.98. The molecule has 0 N–H and O–H groups in total. The van der Waals surface area contributed by atoms with Crippen LogP contribution in [-0.2, 0) is 0 Å². The van der Waals surface area contributed by atoms with Crippen LogP contribution in [0.2, 0.25) is 0 Å². The molecule has 3 aromatic carbocycles. The van der Waals surface area contributed by atoms with Crippen molar-refractivity contribution in [1.82, 2.24) is 0 Å². The summed E-state index contributed by atoms with van der Waals surface area (Å²) in [5, 5.41) is 0. The van der Waals surface area contributed by atoms with Gasteiger partial charge in [-0.15, -0.1) is 0 Å². The summed E-state index contributed by atoms with van der Waals surface area (Å²) in [5.41, 5.74) is 3.52. The van der Waals surface area contributed by atoms with Crippen LogP contribution in [0.1, 0.15) is 16.7 Å². The van der Waals surface area contributed by atoms with E-state index < -0.39 is 0 Å². The maximum atomic E-state index is 3.63. The predicted octanol–water partition coefficient (Wildman–Crippen LogP) is 8.35. The Morgan fingerprint density at radius 2 is 0.571 bits per heavy atom. The van der Waals surface area contributed by atoms with E-state index in [0.717, 1.165) is 0 Å². The van der Waals surface area contributed by atoms with Gasteiger partial charge in [-0.1, -0.05) is 154 Å². The number of rotatable bonds is 4. The van der Waals surface area contributed by atoms with Crippen LogP contribution >= 0.6 is 0 Å². The van der Waals surface area contributed by atoms with Crippen molar-refractivity contribution >= 4 is 18.2 Å². The molecule has 0 aromatic heterocycles. The van der Waals surface area contributed by atoms with Gasteiger partial charge in [-0.25, -0.2) is 0 Å². The molecule has 142 valence electrons. The lowest BCUT2D eigenvalue weighted by Crippen LogP contribution is -1.63. The lowest BCUT2D eigenvalue weighted by atomic mass is 10.2. The Morgan fingerprint density at radius 1 is 0.357 bits per heavy atom. The largest absolute Gasteiger partial charge is 0.0991 e. The van der Waals surface area contributed by atoms with Gasteiger partial charge in [0.05, 0.1) is 0 Å². The Morgan fingerprint density at radius 3 is 0.679 bits per heavy atom. The SMILES string of the molecule is C=CC=C.C=Cc1ccccc1.C=Cc1ccccc1.C=Cc1ccccc1. The fourth-order valence-corrected chi connectivity index (χ4v) is 1.77. The van der Waals surface area contributed by atoms with Crippen LogP contribution < -0.4 is 0 Å². The summed E-state index contributed by atoms with van der Waals surface area (Å²) in [6, 6.07) is 30.1. The highest BCUT2D eigenvalue weighted by molar-refractivity contribution is 5.46. The van der Waals surface area contributed by atoms with Crippen LogP contribution in [0.4, 0.5) is 0 Å². The van der Waals surface area contributed by atoms with Gasteiger partial charge in [-0.3, -0.25) is 0 Å². The van der Waals surface area contributed by atoms with Gasteiger partial charge >= 0.3 is 0 Å². The number of hydrogen-bond donors (Lipinski definition) is 0. The average molecular weight is 367 g/mol. The summed E-state index contributed by atoms with van der Waals surface area (Å²) in [6.45, 7) is 17.6. The van der Waals surface area contributed by atoms with E-state index in [1.165, 1.54) is 16.7 Å². The van der Waals surface area contributed by atoms with E-state index in [1.54, 1.807) is 12.2 Å². The highest BCUT2D eigenvalue weighted by atomic mass is 13.8. The Balaban J connectivity index is 0.000000358. The molecule has 0 heterocycles.